The zero-order chi connectivity index (χ0) is 32.2. The number of benzene rings is 2. The van der Waals surface area contributed by atoms with E-state index in [1.54, 1.807) is 32.9 Å². The van der Waals surface area contributed by atoms with Crippen molar-refractivity contribution in [2.45, 2.75) is 98.1 Å². The van der Waals surface area contributed by atoms with Gasteiger partial charge in [0.2, 0.25) is 17.7 Å². The van der Waals surface area contributed by atoms with Gasteiger partial charge in [-0.05, 0) is 62.3 Å². The summed E-state index contributed by atoms with van der Waals surface area (Å²) >= 11 is 0. The number of nitrogens with one attached hydrogen (secondary N) is 3. The third-order valence-electron chi connectivity index (χ3n) is 6.78. The van der Waals surface area contributed by atoms with Gasteiger partial charge in [-0.25, -0.2) is 4.79 Å². The monoisotopic (exact) mass is 596 g/mol. The van der Waals surface area contributed by atoms with Crippen LogP contribution in [0.5, 0.6) is 5.75 Å². The molecular weight excluding hydrogens is 548 g/mol. The number of ether oxygens (including phenoxy) is 2. The Morgan fingerprint density at radius 1 is 0.814 bits per heavy atom. The highest BCUT2D eigenvalue weighted by atomic mass is 16.6. The fourth-order valence-electron chi connectivity index (χ4n) is 4.29. The molecule has 0 fully saturated rings. The van der Waals surface area contributed by atoms with E-state index in [9.17, 15) is 19.2 Å². The maximum absolute atomic E-state index is 13.6. The third kappa shape index (κ3) is 12.8. The number of hydrogen-bond donors (Lipinski definition) is 4. The number of carbonyl (C=O) groups is 4. The Kier molecular flexibility index (Phi) is 13.5. The zero-order valence-electron chi connectivity index (χ0n) is 26.4. The highest BCUT2D eigenvalue weighted by Gasteiger charge is 2.33. The van der Waals surface area contributed by atoms with Crippen molar-refractivity contribution >= 4 is 23.8 Å². The van der Waals surface area contributed by atoms with Crippen LogP contribution in [0.15, 0.2) is 54.6 Å². The van der Waals surface area contributed by atoms with E-state index in [2.05, 4.69) is 16.0 Å². The average Bonchev–Trinajstić information content (AvgIpc) is 2.93. The standard InChI is InChI=1S/C33H48N4O6/c1-8-22(4)28(31(40)35-26(29(34)38)18-21(2)3)37-30(39)27(36-32(41)43-33(5,6)7)19-23-14-16-25(17-15-23)42-20-24-12-10-9-11-13-24/h9-17,21-22,26-28H,8,18-20H2,1-7H3,(H2,34,38)(H,35,40)(H,36,41)(H,37,39)/t22-,26+,27-,28-/m0/s1. The SMILES string of the molecule is CC[C@H](C)[C@H](NC(=O)[C@H](Cc1ccc(OCc2ccccc2)cc1)NC(=O)OC(C)(C)C)C(=O)N[C@H](CC(C)C)C(N)=O. The Hall–Kier alpha value is -4.08. The topological polar surface area (TPSA) is 149 Å². The van der Waals surface area contributed by atoms with Gasteiger partial charge in [-0.3, -0.25) is 14.4 Å². The second-order valence-corrected chi connectivity index (χ2v) is 12.3. The number of rotatable bonds is 15. The van der Waals surface area contributed by atoms with Gasteiger partial charge in [0.15, 0.2) is 0 Å². The van der Waals surface area contributed by atoms with Crippen molar-refractivity contribution in [2.75, 3.05) is 0 Å². The predicted octanol–water partition coefficient (Wildman–Crippen LogP) is 4.25. The van der Waals surface area contributed by atoms with Crippen LogP contribution < -0.4 is 26.4 Å². The van der Waals surface area contributed by atoms with Crippen molar-refractivity contribution < 1.29 is 28.7 Å². The molecule has 0 heterocycles. The normalized spacial score (nSPS) is 14.1. The van der Waals surface area contributed by atoms with Crippen molar-refractivity contribution in [1.82, 2.24) is 16.0 Å². The molecule has 0 spiro atoms. The van der Waals surface area contributed by atoms with Crippen LogP contribution in [-0.2, 0) is 32.1 Å². The van der Waals surface area contributed by atoms with Crippen molar-refractivity contribution in [3.05, 3.63) is 65.7 Å². The van der Waals surface area contributed by atoms with E-state index in [4.69, 9.17) is 15.2 Å². The molecule has 0 unspecified atom stereocenters. The first-order valence-electron chi connectivity index (χ1n) is 14.8. The van der Waals surface area contributed by atoms with Crippen LogP contribution in [0.2, 0.25) is 0 Å². The second kappa shape index (κ2) is 16.5. The van der Waals surface area contributed by atoms with Crippen LogP contribution in [0.25, 0.3) is 0 Å². The summed E-state index contributed by atoms with van der Waals surface area (Å²) in [4.78, 5) is 51.6. The number of carbonyl (C=O) groups excluding carboxylic acids is 4. The summed E-state index contributed by atoms with van der Waals surface area (Å²) in [6.07, 6.45) is 0.329. The lowest BCUT2D eigenvalue weighted by atomic mass is 9.96. The van der Waals surface area contributed by atoms with Crippen LogP contribution in [0.3, 0.4) is 0 Å². The predicted molar refractivity (Wildman–Crippen MR) is 166 cm³/mol. The van der Waals surface area contributed by atoms with E-state index in [0.29, 0.717) is 25.2 Å². The van der Waals surface area contributed by atoms with Gasteiger partial charge in [0, 0.05) is 6.42 Å². The van der Waals surface area contributed by atoms with Crippen molar-refractivity contribution in [3.63, 3.8) is 0 Å². The van der Waals surface area contributed by atoms with Gasteiger partial charge in [-0.15, -0.1) is 0 Å². The fraction of sp³-hybridized carbons (Fsp3) is 0.515. The molecule has 0 radical (unpaired) electrons. The van der Waals surface area contributed by atoms with E-state index >= 15 is 0 Å². The number of alkyl carbamates (subject to hydrolysis) is 1. The molecule has 2 aromatic carbocycles. The van der Waals surface area contributed by atoms with Crippen LogP contribution in [0.1, 0.15) is 72.4 Å². The third-order valence-corrected chi connectivity index (χ3v) is 6.78. The van der Waals surface area contributed by atoms with Gasteiger partial charge >= 0.3 is 6.09 Å². The molecule has 4 amide bonds. The maximum Gasteiger partial charge on any atom is 0.408 e. The van der Waals surface area contributed by atoms with Crippen molar-refractivity contribution in [1.29, 1.82) is 0 Å². The average molecular weight is 597 g/mol. The lowest BCUT2D eigenvalue weighted by Gasteiger charge is -2.29. The summed E-state index contributed by atoms with van der Waals surface area (Å²) in [6, 6.07) is 14.2. The first-order valence-corrected chi connectivity index (χ1v) is 14.8. The van der Waals surface area contributed by atoms with Crippen LogP contribution in [0, 0.1) is 11.8 Å². The summed E-state index contributed by atoms with van der Waals surface area (Å²) < 4.78 is 11.3. The molecule has 2 rings (SSSR count). The first kappa shape index (κ1) is 35.1. The Morgan fingerprint density at radius 2 is 1.44 bits per heavy atom. The minimum Gasteiger partial charge on any atom is -0.489 e. The highest BCUT2D eigenvalue weighted by molar-refractivity contribution is 5.93. The Labute approximate surface area is 255 Å². The van der Waals surface area contributed by atoms with Gasteiger partial charge in [0.05, 0.1) is 0 Å². The summed E-state index contributed by atoms with van der Waals surface area (Å²) in [5, 5.41) is 8.17. The summed E-state index contributed by atoms with van der Waals surface area (Å²) in [5.74, 6) is -1.20. The molecule has 0 saturated carbocycles. The van der Waals surface area contributed by atoms with E-state index in [1.807, 2.05) is 70.2 Å². The molecule has 10 nitrogen and oxygen atoms in total. The Balaban J connectivity index is 2.22. The van der Waals surface area contributed by atoms with Gasteiger partial charge in [0.25, 0.3) is 0 Å². The highest BCUT2D eigenvalue weighted by Crippen LogP contribution is 2.17. The molecular formula is C33H48N4O6. The van der Waals surface area contributed by atoms with Crippen LogP contribution in [0.4, 0.5) is 4.79 Å². The number of nitrogens with two attached hydrogens (primary N) is 1. The van der Waals surface area contributed by atoms with Crippen LogP contribution in [-0.4, -0.2) is 47.5 Å². The molecule has 0 aromatic heterocycles. The first-order chi connectivity index (χ1) is 20.2. The van der Waals surface area contributed by atoms with Crippen molar-refractivity contribution in [3.8, 4) is 5.75 Å². The lowest BCUT2D eigenvalue weighted by molar-refractivity contribution is -0.133. The lowest BCUT2D eigenvalue weighted by Crippen LogP contribution is -2.58. The quantitative estimate of drug-likeness (QED) is 0.242. The molecule has 43 heavy (non-hydrogen) atoms. The molecule has 5 N–H and O–H groups in total. The molecule has 0 aliphatic carbocycles. The summed E-state index contributed by atoms with van der Waals surface area (Å²) in [6.45, 7) is 13.2. The van der Waals surface area contributed by atoms with E-state index in [-0.39, 0.29) is 18.3 Å². The largest absolute Gasteiger partial charge is 0.489 e. The van der Waals surface area contributed by atoms with Gasteiger partial charge < -0.3 is 31.2 Å². The van der Waals surface area contributed by atoms with Gasteiger partial charge in [-0.1, -0.05) is 76.6 Å². The summed E-state index contributed by atoms with van der Waals surface area (Å²) in [7, 11) is 0. The Morgan fingerprint density at radius 3 is 1.98 bits per heavy atom. The number of amides is 4. The Bertz CT molecular complexity index is 1190. The second-order valence-electron chi connectivity index (χ2n) is 12.3. The van der Waals surface area contributed by atoms with Crippen LogP contribution >= 0.6 is 0 Å². The van der Waals surface area contributed by atoms with E-state index in [0.717, 1.165) is 11.1 Å². The molecule has 0 bridgehead atoms. The van der Waals surface area contributed by atoms with Crippen molar-refractivity contribution in [2.24, 2.45) is 17.6 Å². The van der Waals surface area contributed by atoms with Gasteiger partial charge in [0.1, 0.15) is 36.1 Å². The fourth-order valence-corrected chi connectivity index (χ4v) is 4.29. The molecule has 0 aliphatic rings. The molecule has 0 saturated heterocycles. The minimum atomic E-state index is -1.05. The molecule has 0 aliphatic heterocycles. The maximum atomic E-state index is 13.6. The van der Waals surface area contributed by atoms with Gasteiger partial charge in [-0.2, -0.15) is 0 Å². The summed E-state index contributed by atoms with van der Waals surface area (Å²) in [5.41, 5.74) is 6.56. The smallest absolute Gasteiger partial charge is 0.408 e. The zero-order valence-corrected chi connectivity index (χ0v) is 26.4. The number of hydrogen-bond acceptors (Lipinski definition) is 6. The van der Waals surface area contributed by atoms with E-state index in [1.165, 1.54) is 0 Å². The molecule has 10 heteroatoms. The number of primary amides is 1. The van der Waals surface area contributed by atoms with E-state index < -0.39 is 47.5 Å². The molecule has 236 valence electrons. The molecule has 4 atom stereocenters. The molecule has 2 aromatic rings. The minimum absolute atomic E-state index is 0.118.